The van der Waals surface area contributed by atoms with Crippen molar-refractivity contribution in [3.8, 4) is 0 Å². The van der Waals surface area contributed by atoms with Crippen molar-refractivity contribution in [2.24, 2.45) is 11.7 Å². The highest BCUT2D eigenvalue weighted by Gasteiger charge is 2.17. The van der Waals surface area contributed by atoms with Crippen LogP contribution >= 0.6 is 0 Å². The van der Waals surface area contributed by atoms with Gasteiger partial charge in [-0.15, -0.1) is 0 Å². The second-order valence-electron chi connectivity index (χ2n) is 5.14. The van der Waals surface area contributed by atoms with Crippen LogP contribution in [0.4, 0.5) is 5.82 Å². The maximum atomic E-state index is 5.97. The van der Waals surface area contributed by atoms with Gasteiger partial charge in [-0.3, -0.25) is 0 Å². The fourth-order valence-corrected chi connectivity index (χ4v) is 2.26. The van der Waals surface area contributed by atoms with Crippen LogP contribution in [0.15, 0.2) is 0 Å². The molecular weight excluding hydrogens is 226 g/mol. The summed E-state index contributed by atoms with van der Waals surface area (Å²) in [5.41, 5.74) is 15.7. The molecular formula is C13H21N5. The fourth-order valence-electron chi connectivity index (χ4n) is 2.26. The molecule has 0 saturated heterocycles. The molecule has 5 nitrogen and oxygen atoms in total. The van der Waals surface area contributed by atoms with Gasteiger partial charge in [-0.05, 0) is 25.3 Å². The van der Waals surface area contributed by atoms with Crippen molar-refractivity contribution in [2.75, 3.05) is 5.73 Å². The first-order chi connectivity index (χ1) is 8.45. The van der Waals surface area contributed by atoms with Crippen molar-refractivity contribution < 1.29 is 0 Å². The predicted molar refractivity (Wildman–Crippen MR) is 74.1 cm³/mol. The van der Waals surface area contributed by atoms with Crippen molar-refractivity contribution in [3.63, 3.8) is 0 Å². The lowest BCUT2D eigenvalue weighted by atomic mass is 10.1. The van der Waals surface area contributed by atoms with Crippen molar-refractivity contribution in [2.45, 2.75) is 40.8 Å². The smallest absolute Gasteiger partial charge is 0.151 e. The summed E-state index contributed by atoms with van der Waals surface area (Å²) in [5.74, 6) is 1.90. The van der Waals surface area contributed by atoms with Gasteiger partial charge in [-0.2, -0.15) is 0 Å². The first-order valence-corrected chi connectivity index (χ1v) is 6.27. The Labute approximate surface area is 107 Å². The van der Waals surface area contributed by atoms with Crippen LogP contribution in [-0.2, 0) is 13.1 Å². The number of imidazole rings is 1. The summed E-state index contributed by atoms with van der Waals surface area (Å²) in [7, 11) is 0. The summed E-state index contributed by atoms with van der Waals surface area (Å²) >= 11 is 0. The largest absolute Gasteiger partial charge is 0.382 e. The molecule has 0 bridgehead atoms. The summed E-state index contributed by atoms with van der Waals surface area (Å²) in [6, 6.07) is 0. The van der Waals surface area contributed by atoms with Crippen LogP contribution in [0.2, 0.25) is 0 Å². The Balaban J connectivity index is 2.80. The highest BCUT2D eigenvalue weighted by molar-refractivity contribution is 5.88. The molecule has 0 aliphatic heterocycles. The Morgan fingerprint density at radius 3 is 2.44 bits per heavy atom. The van der Waals surface area contributed by atoms with E-state index in [0.29, 0.717) is 18.3 Å². The van der Waals surface area contributed by atoms with Crippen LogP contribution in [0.5, 0.6) is 0 Å². The van der Waals surface area contributed by atoms with Crippen molar-refractivity contribution >= 4 is 16.9 Å². The van der Waals surface area contributed by atoms with Crippen LogP contribution in [0, 0.1) is 19.8 Å². The third-order valence-corrected chi connectivity index (χ3v) is 3.21. The zero-order valence-electron chi connectivity index (χ0n) is 11.5. The highest BCUT2D eigenvalue weighted by Crippen LogP contribution is 2.26. The molecule has 2 aromatic rings. The Morgan fingerprint density at radius 2 is 1.89 bits per heavy atom. The van der Waals surface area contributed by atoms with E-state index in [1.807, 2.05) is 6.92 Å². The molecule has 2 heterocycles. The quantitative estimate of drug-likeness (QED) is 0.865. The molecule has 2 aromatic heterocycles. The van der Waals surface area contributed by atoms with E-state index in [0.717, 1.165) is 34.7 Å². The Hall–Kier alpha value is -1.62. The third-order valence-electron chi connectivity index (χ3n) is 3.21. The van der Waals surface area contributed by atoms with E-state index in [4.69, 9.17) is 11.5 Å². The number of rotatable bonds is 3. The second-order valence-corrected chi connectivity index (χ2v) is 5.14. The van der Waals surface area contributed by atoms with Gasteiger partial charge in [0.05, 0.1) is 12.1 Å². The second kappa shape index (κ2) is 4.57. The van der Waals surface area contributed by atoms with Crippen LogP contribution < -0.4 is 11.5 Å². The van der Waals surface area contributed by atoms with Crippen LogP contribution in [0.1, 0.15) is 30.9 Å². The van der Waals surface area contributed by atoms with E-state index in [9.17, 15) is 0 Å². The van der Waals surface area contributed by atoms with Gasteiger partial charge in [0.25, 0.3) is 0 Å². The van der Waals surface area contributed by atoms with Gasteiger partial charge in [0.1, 0.15) is 11.3 Å². The topological polar surface area (TPSA) is 82.8 Å². The first kappa shape index (κ1) is 12.8. The minimum Gasteiger partial charge on any atom is -0.382 e. The molecule has 5 heteroatoms. The van der Waals surface area contributed by atoms with Gasteiger partial charge in [-0.1, -0.05) is 13.8 Å². The Morgan fingerprint density at radius 1 is 1.22 bits per heavy atom. The fraction of sp³-hybridized carbons (Fsp3) is 0.538. The van der Waals surface area contributed by atoms with Gasteiger partial charge in [-0.25, -0.2) is 9.97 Å². The van der Waals surface area contributed by atoms with Gasteiger partial charge < -0.3 is 16.0 Å². The minimum absolute atomic E-state index is 0.416. The number of aromatic nitrogens is 3. The zero-order valence-corrected chi connectivity index (χ0v) is 11.5. The molecule has 0 unspecified atom stereocenters. The van der Waals surface area contributed by atoms with Crippen LogP contribution in [-0.4, -0.2) is 14.5 Å². The number of fused-ring (bicyclic) bond motifs is 1. The van der Waals surface area contributed by atoms with E-state index in [1.54, 1.807) is 0 Å². The number of nitrogens with two attached hydrogens (primary N) is 2. The molecule has 0 amide bonds. The Bertz CT molecular complexity index is 583. The number of anilines is 1. The van der Waals surface area contributed by atoms with Gasteiger partial charge in [0, 0.05) is 12.2 Å². The molecule has 18 heavy (non-hydrogen) atoms. The normalized spacial score (nSPS) is 11.7. The number of hydrogen-bond donors (Lipinski definition) is 2. The number of pyridine rings is 1. The van der Waals surface area contributed by atoms with Gasteiger partial charge in [0.15, 0.2) is 5.82 Å². The zero-order chi connectivity index (χ0) is 13.4. The third kappa shape index (κ3) is 1.95. The molecule has 0 aliphatic carbocycles. The van der Waals surface area contributed by atoms with E-state index in [-0.39, 0.29) is 0 Å². The molecule has 0 spiro atoms. The molecule has 2 rings (SSSR count). The molecule has 0 radical (unpaired) electrons. The highest BCUT2D eigenvalue weighted by atomic mass is 15.1. The molecule has 98 valence electrons. The molecule has 0 saturated carbocycles. The number of nitrogens with zero attached hydrogens (tertiary/aromatic N) is 3. The van der Waals surface area contributed by atoms with Gasteiger partial charge in [0.2, 0.25) is 0 Å². The molecule has 0 aliphatic rings. The summed E-state index contributed by atoms with van der Waals surface area (Å²) in [6.07, 6.45) is 0. The van der Waals surface area contributed by atoms with E-state index in [1.165, 1.54) is 0 Å². The number of nitrogen functional groups attached to an aromatic ring is 1. The minimum atomic E-state index is 0.416. The maximum absolute atomic E-state index is 5.97. The summed E-state index contributed by atoms with van der Waals surface area (Å²) in [6.45, 7) is 9.70. The molecule has 0 fully saturated rings. The van der Waals surface area contributed by atoms with Crippen molar-refractivity contribution in [1.82, 2.24) is 14.5 Å². The number of hydrogen-bond acceptors (Lipinski definition) is 4. The molecule has 0 aromatic carbocycles. The average molecular weight is 247 g/mol. The average Bonchev–Trinajstić information content (AvgIpc) is 2.65. The number of aryl methyl sites for hydroxylation is 2. The lowest BCUT2D eigenvalue weighted by Crippen LogP contribution is -2.12. The van der Waals surface area contributed by atoms with E-state index < -0.39 is 0 Å². The van der Waals surface area contributed by atoms with Gasteiger partial charge >= 0.3 is 0 Å². The molecule has 4 N–H and O–H groups in total. The summed E-state index contributed by atoms with van der Waals surface area (Å²) in [4.78, 5) is 8.87. The molecule has 0 atom stereocenters. The lowest BCUT2D eigenvalue weighted by molar-refractivity contribution is 0.517. The lowest BCUT2D eigenvalue weighted by Gasteiger charge is -2.13. The standard InChI is InChI=1S/C13H21N5/c1-7(2)6-18-10(5-14)17-11-12(18)8(3)9(4)16-13(11)15/h7H,5-6,14H2,1-4H3,(H2,15,16). The maximum Gasteiger partial charge on any atom is 0.151 e. The van der Waals surface area contributed by atoms with Crippen molar-refractivity contribution in [1.29, 1.82) is 0 Å². The first-order valence-electron chi connectivity index (χ1n) is 6.27. The van der Waals surface area contributed by atoms with E-state index >= 15 is 0 Å². The van der Waals surface area contributed by atoms with Crippen LogP contribution in [0.25, 0.3) is 11.0 Å². The van der Waals surface area contributed by atoms with E-state index in [2.05, 4.69) is 35.3 Å². The predicted octanol–water partition coefficient (Wildman–Crippen LogP) is 1.75. The van der Waals surface area contributed by atoms with Crippen LogP contribution in [0.3, 0.4) is 0 Å². The van der Waals surface area contributed by atoms with Crippen molar-refractivity contribution in [3.05, 3.63) is 17.1 Å². The Kier molecular flexibility index (Phi) is 3.26. The summed E-state index contributed by atoms with van der Waals surface area (Å²) < 4.78 is 2.18. The summed E-state index contributed by atoms with van der Waals surface area (Å²) in [5, 5.41) is 0. The monoisotopic (exact) mass is 247 g/mol. The SMILES string of the molecule is Cc1nc(N)c2nc(CN)n(CC(C)C)c2c1C.